The maximum absolute atomic E-state index is 12.2. The number of hydrogen-bond acceptors (Lipinski definition) is 4. The number of hydrogen-bond donors (Lipinski definition) is 0. The van der Waals surface area contributed by atoms with Gasteiger partial charge in [-0.05, 0) is 24.3 Å². The molecule has 0 aliphatic carbocycles. The van der Waals surface area contributed by atoms with Gasteiger partial charge in [0.1, 0.15) is 0 Å². The monoisotopic (exact) mass is 305 g/mol. The van der Waals surface area contributed by atoms with Gasteiger partial charge in [-0.15, -0.1) is 0 Å². The Morgan fingerprint density at radius 3 is 2.37 bits per heavy atom. The summed E-state index contributed by atoms with van der Waals surface area (Å²) in [5.41, 5.74) is 0. The lowest BCUT2D eigenvalue weighted by molar-refractivity contribution is -0.144. The van der Waals surface area contributed by atoms with Crippen molar-refractivity contribution in [1.82, 2.24) is 4.31 Å². The zero-order chi connectivity index (χ0) is 14.6. The molecule has 1 rings (SSSR count). The predicted molar refractivity (Wildman–Crippen MR) is 72.4 cm³/mol. The highest BCUT2D eigenvalue weighted by Crippen LogP contribution is 2.18. The van der Waals surface area contributed by atoms with Crippen molar-refractivity contribution in [2.45, 2.75) is 11.8 Å². The van der Waals surface area contributed by atoms with Gasteiger partial charge in [-0.25, -0.2) is 12.7 Å². The number of ether oxygens (including phenoxy) is 1. The summed E-state index contributed by atoms with van der Waals surface area (Å²) >= 11 is 5.72. The van der Waals surface area contributed by atoms with E-state index in [1.165, 1.54) is 38.4 Å². The van der Waals surface area contributed by atoms with Crippen LogP contribution in [0.2, 0.25) is 5.02 Å². The molecule has 7 heteroatoms. The second-order valence-electron chi connectivity index (χ2n) is 4.16. The van der Waals surface area contributed by atoms with Crippen LogP contribution in [0.5, 0.6) is 0 Å². The molecule has 1 atom stereocenters. The molecule has 0 aliphatic heterocycles. The normalized spacial score (nSPS) is 13.3. The lowest BCUT2D eigenvalue weighted by Gasteiger charge is -2.20. The summed E-state index contributed by atoms with van der Waals surface area (Å²) in [4.78, 5) is 11.4. The van der Waals surface area contributed by atoms with Crippen LogP contribution in [0.4, 0.5) is 0 Å². The Labute approximate surface area is 118 Å². The summed E-state index contributed by atoms with van der Waals surface area (Å²) < 4.78 is 30.1. The van der Waals surface area contributed by atoms with E-state index in [0.29, 0.717) is 5.02 Å². The lowest BCUT2D eigenvalue weighted by atomic mass is 10.2. The van der Waals surface area contributed by atoms with Crippen molar-refractivity contribution in [1.29, 1.82) is 0 Å². The standard InChI is InChI=1S/C12H16ClNO4S/c1-9(12(15)18-3)8-14(2)19(16,17)11-6-4-10(13)5-7-11/h4-7,9H,8H2,1-3H3. The third-order valence-corrected chi connectivity index (χ3v) is 4.75. The van der Waals surface area contributed by atoms with E-state index < -0.39 is 21.9 Å². The number of rotatable bonds is 5. The molecule has 0 aromatic heterocycles. The lowest BCUT2D eigenvalue weighted by Crippen LogP contribution is -2.34. The Kier molecular flexibility index (Phi) is 5.34. The highest BCUT2D eigenvalue weighted by molar-refractivity contribution is 7.89. The molecule has 0 amide bonds. The van der Waals surface area contributed by atoms with Gasteiger partial charge in [0.2, 0.25) is 10.0 Å². The van der Waals surface area contributed by atoms with Crippen molar-refractivity contribution < 1.29 is 17.9 Å². The van der Waals surface area contributed by atoms with Crippen molar-refractivity contribution in [3.63, 3.8) is 0 Å². The van der Waals surface area contributed by atoms with Crippen LogP contribution in [0.1, 0.15) is 6.92 Å². The van der Waals surface area contributed by atoms with Crippen LogP contribution in [0, 0.1) is 5.92 Å². The van der Waals surface area contributed by atoms with E-state index in [4.69, 9.17) is 11.6 Å². The number of esters is 1. The molecule has 1 unspecified atom stereocenters. The summed E-state index contributed by atoms with van der Waals surface area (Å²) in [6, 6.07) is 5.87. The first-order chi connectivity index (χ1) is 8.78. The quantitative estimate of drug-likeness (QED) is 0.778. The van der Waals surface area contributed by atoms with Gasteiger partial charge in [-0.2, -0.15) is 0 Å². The van der Waals surface area contributed by atoms with Crippen molar-refractivity contribution in [2.75, 3.05) is 20.7 Å². The van der Waals surface area contributed by atoms with Crippen molar-refractivity contribution >= 4 is 27.6 Å². The van der Waals surface area contributed by atoms with Crippen LogP contribution in [-0.4, -0.2) is 39.4 Å². The number of sulfonamides is 1. The van der Waals surface area contributed by atoms with E-state index in [1.54, 1.807) is 6.92 Å². The minimum absolute atomic E-state index is 0.0532. The minimum Gasteiger partial charge on any atom is -0.469 e. The van der Waals surface area contributed by atoms with Crippen LogP contribution in [0.3, 0.4) is 0 Å². The number of methoxy groups -OCH3 is 1. The van der Waals surface area contributed by atoms with Gasteiger partial charge < -0.3 is 4.74 Å². The Morgan fingerprint density at radius 1 is 1.37 bits per heavy atom. The van der Waals surface area contributed by atoms with Gasteiger partial charge in [0.25, 0.3) is 0 Å². The van der Waals surface area contributed by atoms with E-state index in [-0.39, 0.29) is 11.4 Å². The van der Waals surface area contributed by atoms with E-state index in [1.807, 2.05) is 0 Å². The van der Waals surface area contributed by atoms with Crippen LogP contribution in [-0.2, 0) is 19.6 Å². The molecule has 106 valence electrons. The van der Waals surface area contributed by atoms with E-state index in [2.05, 4.69) is 4.74 Å². The second-order valence-corrected chi connectivity index (χ2v) is 6.64. The van der Waals surface area contributed by atoms with Gasteiger partial charge in [0.15, 0.2) is 0 Å². The Balaban J connectivity index is 2.88. The molecule has 0 N–H and O–H groups in total. The summed E-state index contributed by atoms with van der Waals surface area (Å²) in [5, 5.41) is 0.463. The van der Waals surface area contributed by atoms with E-state index in [0.717, 1.165) is 4.31 Å². The van der Waals surface area contributed by atoms with Crippen molar-refractivity contribution in [2.24, 2.45) is 5.92 Å². The molecule has 0 radical (unpaired) electrons. The third-order valence-electron chi connectivity index (χ3n) is 2.66. The van der Waals surface area contributed by atoms with E-state index in [9.17, 15) is 13.2 Å². The van der Waals surface area contributed by atoms with Crippen molar-refractivity contribution in [3.8, 4) is 0 Å². The smallest absolute Gasteiger partial charge is 0.309 e. The van der Waals surface area contributed by atoms with Crippen LogP contribution in [0.25, 0.3) is 0 Å². The van der Waals surface area contributed by atoms with Crippen LogP contribution >= 0.6 is 11.6 Å². The molecule has 0 aliphatic rings. The Morgan fingerprint density at radius 2 is 1.89 bits per heavy atom. The maximum Gasteiger partial charge on any atom is 0.309 e. The number of halogens is 1. The molecule has 0 saturated heterocycles. The first-order valence-corrected chi connectivity index (χ1v) is 7.40. The Bertz CT molecular complexity index is 541. The summed E-state index contributed by atoms with van der Waals surface area (Å²) in [6.07, 6.45) is 0. The molecule has 0 spiro atoms. The minimum atomic E-state index is -3.63. The third kappa shape index (κ3) is 3.92. The van der Waals surface area contributed by atoms with Crippen LogP contribution in [0.15, 0.2) is 29.2 Å². The molecule has 5 nitrogen and oxygen atoms in total. The number of carbonyl (C=O) groups is 1. The van der Waals surface area contributed by atoms with Gasteiger partial charge in [-0.1, -0.05) is 18.5 Å². The molecule has 0 fully saturated rings. The number of carbonyl (C=O) groups excluding carboxylic acids is 1. The molecular weight excluding hydrogens is 290 g/mol. The molecule has 1 aromatic rings. The fourth-order valence-electron chi connectivity index (χ4n) is 1.55. The molecule has 0 saturated carbocycles. The summed E-state index contributed by atoms with van der Waals surface area (Å²) in [6.45, 7) is 1.66. The molecule has 0 heterocycles. The van der Waals surface area contributed by atoms with Gasteiger partial charge >= 0.3 is 5.97 Å². The second kappa shape index (κ2) is 6.36. The van der Waals surface area contributed by atoms with Gasteiger partial charge in [-0.3, -0.25) is 4.79 Å². The average Bonchev–Trinajstić information content (AvgIpc) is 2.38. The summed E-state index contributed by atoms with van der Waals surface area (Å²) in [7, 11) is -0.935. The molecule has 1 aromatic carbocycles. The highest BCUT2D eigenvalue weighted by atomic mass is 35.5. The van der Waals surface area contributed by atoms with Gasteiger partial charge in [0.05, 0.1) is 17.9 Å². The first-order valence-electron chi connectivity index (χ1n) is 5.58. The van der Waals surface area contributed by atoms with Crippen LogP contribution < -0.4 is 0 Å². The Hall–Kier alpha value is -1.11. The molecule has 19 heavy (non-hydrogen) atoms. The molecule has 0 bridgehead atoms. The van der Waals surface area contributed by atoms with Gasteiger partial charge in [0, 0.05) is 18.6 Å². The zero-order valence-electron chi connectivity index (χ0n) is 11.0. The first kappa shape index (κ1) is 15.9. The number of benzene rings is 1. The van der Waals surface area contributed by atoms with Crippen molar-refractivity contribution in [3.05, 3.63) is 29.3 Å². The fourth-order valence-corrected chi connectivity index (χ4v) is 2.93. The summed E-state index contributed by atoms with van der Waals surface area (Å²) in [5.74, 6) is -0.977. The molecular formula is C12H16ClNO4S. The zero-order valence-corrected chi connectivity index (χ0v) is 12.5. The maximum atomic E-state index is 12.2. The number of nitrogens with zero attached hydrogens (tertiary/aromatic N) is 1. The fraction of sp³-hybridized carbons (Fsp3) is 0.417. The SMILES string of the molecule is COC(=O)C(C)CN(C)S(=O)(=O)c1ccc(Cl)cc1. The highest BCUT2D eigenvalue weighted by Gasteiger charge is 2.25. The average molecular weight is 306 g/mol. The predicted octanol–water partition coefficient (Wildman–Crippen LogP) is 1.77. The largest absolute Gasteiger partial charge is 0.469 e. The topological polar surface area (TPSA) is 63.7 Å². The van der Waals surface area contributed by atoms with E-state index >= 15 is 0 Å².